The molecule has 0 amide bonds. The molecule has 1 heteroatoms. The van der Waals surface area contributed by atoms with Gasteiger partial charge in [0.2, 0.25) is 0 Å². The molecule has 0 bridgehead atoms. The van der Waals surface area contributed by atoms with Crippen molar-refractivity contribution in [3.8, 4) is 55.6 Å². The van der Waals surface area contributed by atoms with E-state index in [9.17, 15) is 0 Å². The number of rotatable bonds is 8. The summed E-state index contributed by atoms with van der Waals surface area (Å²) in [4.78, 5) is 0. The van der Waals surface area contributed by atoms with Crippen LogP contribution in [0.4, 0.5) is 0 Å². The molecule has 9 rings (SSSR count). The summed E-state index contributed by atoms with van der Waals surface area (Å²) in [6.45, 7) is 6.28. The first-order valence-electron chi connectivity index (χ1n) is 19.5. The van der Waals surface area contributed by atoms with Gasteiger partial charge >= 0.3 is 217 Å². The molecule has 0 aliphatic rings. The van der Waals surface area contributed by atoms with E-state index >= 15 is 0 Å². The van der Waals surface area contributed by atoms with Crippen molar-refractivity contribution in [1.82, 2.24) is 0 Å². The van der Waals surface area contributed by atoms with E-state index in [0.717, 1.165) is 0 Å². The fraction of sp³-hybridized carbons (Fsp3) is 0.0364. The van der Waals surface area contributed by atoms with Crippen molar-refractivity contribution in [3.05, 3.63) is 212 Å². The topological polar surface area (TPSA) is 0 Å². The van der Waals surface area contributed by atoms with Crippen molar-refractivity contribution in [3.63, 3.8) is 0 Å². The number of fused-ring (bicyclic) bond motifs is 6. The molecule has 264 valence electrons. The van der Waals surface area contributed by atoms with Crippen LogP contribution in [0.25, 0.3) is 93.5 Å². The Balaban J connectivity index is 1.50. The van der Waals surface area contributed by atoms with Crippen LogP contribution < -0.4 is 0 Å². The van der Waals surface area contributed by atoms with Gasteiger partial charge in [0.05, 0.1) is 0 Å². The minimum absolute atomic E-state index is 1.19. The summed E-state index contributed by atoms with van der Waals surface area (Å²) in [6, 6.07) is 69.0. The second-order valence-corrected chi connectivity index (χ2v) is 14.3. The van der Waals surface area contributed by atoms with Gasteiger partial charge in [-0.05, 0) is 5.56 Å². The van der Waals surface area contributed by atoms with Gasteiger partial charge in [0.15, 0.2) is 0 Å². The summed E-state index contributed by atoms with van der Waals surface area (Å²) in [5, 5.41) is 7.45. The Kier molecular flexibility index (Phi) is 9.66. The summed E-state index contributed by atoms with van der Waals surface area (Å²) >= 11 is 0. The molecule has 0 heterocycles. The number of benzene rings is 9. The van der Waals surface area contributed by atoms with Gasteiger partial charge in [-0.1, -0.05) is 109 Å². The fourth-order valence-electron chi connectivity index (χ4n) is 8.27. The number of hydrogen-bond acceptors (Lipinski definition) is 0. The average Bonchev–Trinajstić information content (AvgIpc) is 3.28. The first-order valence-corrected chi connectivity index (χ1v) is 19.5. The third-order valence-electron chi connectivity index (χ3n) is 11.0. The zero-order chi connectivity index (χ0) is 37.8. The van der Waals surface area contributed by atoms with E-state index in [2.05, 4.69) is 233 Å². The Bertz CT molecular complexity index is 2850. The van der Waals surface area contributed by atoms with Gasteiger partial charge in [0.1, 0.15) is 0 Å². The normalized spacial score (nSPS) is 11.9. The van der Waals surface area contributed by atoms with Gasteiger partial charge in [-0.2, -0.15) is 0 Å². The molecule has 0 aliphatic carbocycles. The van der Waals surface area contributed by atoms with Crippen LogP contribution in [0.2, 0.25) is 6.82 Å². The van der Waals surface area contributed by atoms with E-state index in [1.165, 1.54) is 99.1 Å². The van der Waals surface area contributed by atoms with Crippen LogP contribution in [0.3, 0.4) is 0 Å². The summed E-state index contributed by atoms with van der Waals surface area (Å²) in [7, 11) is 0. The van der Waals surface area contributed by atoms with Gasteiger partial charge in [-0.15, -0.1) is 0 Å². The molecule has 0 unspecified atom stereocenters. The quantitative estimate of drug-likeness (QED) is 0.0836. The predicted octanol–water partition coefficient (Wildman–Crippen LogP) is 15.0. The maximum atomic E-state index is 2.46. The van der Waals surface area contributed by atoms with Gasteiger partial charge in [0, 0.05) is 0 Å². The molecule has 0 fully saturated rings. The average molecular weight is 713 g/mol. The van der Waals surface area contributed by atoms with E-state index in [4.69, 9.17) is 0 Å². The van der Waals surface area contributed by atoms with Crippen molar-refractivity contribution in [2.45, 2.75) is 13.7 Å². The number of hydrogen-bond donors (Lipinski definition) is 0. The van der Waals surface area contributed by atoms with Gasteiger partial charge in [0.25, 0.3) is 0 Å². The van der Waals surface area contributed by atoms with Crippen LogP contribution in [0, 0.1) is 0 Å². The molecule has 0 spiro atoms. The Morgan fingerprint density at radius 2 is 0.661 bits per heavy atom. The molecule has 0 aromatic heterocycles. The van der Waals surface area contributed by atoms with E-state index in [-0.39, 0.29) is 0 Å². The molecule has 0 radical (unpaired) electrons. The van der Waals surface area contributed by atoms with Crippen molar-refractivity contribution >= 4 is 50.8 Å². The zero-order valence-corrected chi connectivity index (χ0v) is 31.8. The standard InChI is InChI=1S/C55H41B/c1-3-38(30-19-31-56-2)44-32-50-51(33-45(44)39-20-9-4-10-21-39)53-35-47(41-24-13-6-14-25-41)49(43-28-17-8-18-29-43)37-55(53)54-36-48(42-26-15-7-16-27-42)46(34-52(50)54)40-22-11-5-12-23-40/h3-37H,1-2H3. The Morgan fingerprint density at radius 1 is 0.375 bits per heavy atom. The van der Waals surface area contributed by atoms with Crippen molar-refractivity contribution in [2.75, 3.05) is 0 Å². The summed E-state index contributed by atoms with van der Waals surface area (Å²) < 4.78 is 0. The SMILES string of the molecule is CB=CC=CC(=CC)c1cc2c(cc1-c1ccccc1)c1cc(-c3ccccc3)c(-c3ccccc3)cc1c1cc(-c3ccccc3)c(-c3ccccc3)cc21. The molecular weight excluding hydrogens is 671 g/mol. The molecule has 0 saturated heterocycles. The van der Waals surface area contributed by atoms with E-state index in [0.29, 0.717) is 0 Å². The molecule has 9 aromatic rings. The first kappa shape index (κ1) is 34.9. The van der Waals surface area contributed by atoms with Crippen LogP contribution in [-0.4, -0.2) is 12.9 Å². The summed E-state index contributed by atoms with van der Waals surface area (Å²) in [5.74, 6) is 2.10. The molecule has 9 aromatic carbocycles. The Hall–Kier alpha value is -6.83. The molecule has 56 heavy (non-hydrogen) atoms. The van der Waals surface area contributed by atoms with Crippen LogP contribution in [-0.2, 0) is 0 Å². The second-order valence-electron chi connectivity index (χ2n) is 14.3. The van der Waals surface area contributed by atoms with E-state index in [1.807, 2.05) is 0 Å². The third-order valence-corrected chi connectivity index (χ3v) is 11.0. The van der Waals surface area contributed by atoms with Gasteiger partial charge in [-0.25, -0.2) is 0 Å². The summed E-state index contributed by atoms with van der Waals surface area (Å²) in [6.07, 6.45) is 6.61. The monoisotopic (exact) mass is 712 g/mol. The second kappa shape index (κ2) is 15.5. The molecule has 0 saturated carbocycles. The van der Waals surface area contributed by atoms with Crippen LogP contribution in [0.1, 0.15) is 12.5 Å². The van der Waals surface area contributed by atoms with Crippen LogP contribution in [0.5, 0.6) is 0 Å². The van der Waals surface area contributed by atoms with Crippen LogP contribution in [0.15, 0.2) is 206 Å². The molecule has 0 nitrogen and oxygen atoms in total. The van der Waals surface area contributed by atoms with E-state index in [1.54, 1.807) is 0 Å². The molecule has 0 N–H and O–H groups in total. The van der Waals surface area contributed by atoms with E-state index < -0.39 is 0 Å². The Morgan fingerprint density at radius 3 is 0.964 bits per heavy atom. The molecule has 0 atom stereocenters. The molecular formula is C55H41B. The number of allylic oxidation sites excluding steroid dienone is 4. The minimum atomic E-state index is 1.19. The molecule has 0 aliphatic heterocycles. The van der Waals surface area contributed by atoms with Crippen LogP contribution >= 0.6 is 0 Å². The Labute approximate surface area is 330 Å². The third kappa shape index (κ3) is 6.52. The fourth-order valence-corrected chi connectivity index (χ4v) is 8.27. The first-order chi connectivity index (χ1) is 27.7. The predicted molar refractivity (Wildman–Crippen MR) is 247 cm³/mol. The van der Waals surface area contributed by atoms with Crippen molar-refractivity contribution < 1.29 is 0 Å². The zero-order valence-electron chi connectivity index (χ0n) is 31.8. The van der Waals surface area contributed by atoms with Crippen molar-refractivity contribution in [1.29, 1.82) is 0 Å². The van der Waals surface area contributed by atoms with Gasteiger partial charge < -0.3 is 0 Å². The maximum absolute atomic E-state index is 2.46. The van der Waals surface area contributed by atoms with Gasteiger partial charge in [-0.3, -0.25) is 0 Å². The van der Waals surface area contributed by atoms with Crippen molar-refractivity contribution in [2.24, 2.45) is 0 Å². The summed E-state index contributed by atoms with van der Waals surface area (Å²) in [5.41, 5.74) is 14.5.